The molecule has 9 atom stereocenters. The Kier molecular flexibility index (Phi) is 5.04. The maximum Gasteiger partial charge on any atom is 0.338 e. The summed E-state index contributed by atoms with van der Waals surface area (Å²) in [6.45, 7) is 7.16. The number of carbonyl (C=O) groups excluding carboxylic acids is 1. The first-order chi connectivity index (χ1) is 14.3. The van der Waals surface area contributed by atoms with Crippen molar-refractivity contribution in [3.05, 3.63) is 35.9 Å². The first-order valence-corrected chi connectivity index (χ1v) is 12.3. The quantitative estimate of drug-likeness (QED) is 0.635. The Bertz CT molecular complexity index is 791. The van der Waals surface area contributed by atoms with Crippen molar-refractivity contribution < 1.29 is 14.6 Å². The van der Waals surface area contributed by atoms with Crippen LogP contribution in [0.15, 0.2) is 30.3 Å². The number of aliphatic hydroxyl groups excluding tert-OH is 1. The molecular formula is C27H38O3. The fourth-order valence-corrected chi connectivity index (χ4v) is 8.72. The van der Waals surface area contributed by atoms with Crippen molar-refractivity contribution in [2.75, 3.05) is 0 Å². The molecule has 0 bridgehead atoms. The van der Waals surface area contributed by atoms with E-state index < -0.39 is 0 Å². The van der Waals surface area contributed by atoms with Crippen LogP contribution in [0.2, 0.25) is 0 Å². The van der Waals surface area contributed by atoms with Crippen LogP contribution in [0.1, 0.15) is 82.5 Å². The normalized spacial score (nSPS) is 45.9. The zero-order valence-corrected chi connectivity index (χ0v) is 18.8. The van der Waals surface area contributed by atoms with Gasteiger partial charge >= 0.3 is 5.97 Å². The smallest absolute Gasteiger partial charge is 0.338 e. The molecule has 0 radical (unpaired) electrons. The van der Waals surface area contributed by atoms with Crippen LogP contribution in [0.4, 0.5) is 0 Å². The molecule has 0 unspecified atom stereocenters. The van der Waals surface area contributed by atoms with Crippen LogP contribution in [0, 0.1) is 40.4 Å². The van der Waals surface area contributed by atoms with Gasteiger partial charge in [-0.15, -0.1) is 0 Å². The van der Waals surface area contributed by atoms with Gasteiger partial charge in [-0.25, -0.2) is 4.79 Å². The predicted molar refractivity (Wildman–Crippen MR) is 118 cm³/mol. The average molecular weight is 411 g/mol. The standard InChI is InChI=1S/C27H38O3/c1-17(30-25(29)18-7-5-4-6-8-18)22-9-10-23-21-16-19-15-20(28)11-13-26(19,2)24(21)12-14-27(22,23)3/h4-8,17,19-24,28H,9-16H2,1-3H3/t17-,19-,20-,21+,22-,23+,24+,26+,27-/m1/s1. The summed E-state index contributed by atoms with van der Waals surface area (Å²) < 4.78 is 6.00. The van der Waals surface area contributed by atoms with E-state index >= 15 is 0 Å². The van der Waals surface area contributed by atoms with E-state index in [0.717, 1.165) is 30.6 Å². The van der Waals surface area contributed by atoms with Crippen molar-refractivity contribution in [3.63, 3.8) is 0 Å². The van der Waals surface area contributed by atoms with Gasteiger partial charge in [-0.3, -0.25) is 0 Å². The van der Waals surface area contributed by atoms with Gasteiger partial charge in [0, 0.05) is 5.92 Å². The maximum absolute atomic E-state index is 12.7. The van der Waals surface area contributed by atoms with Gasteiger partial charge in [0.2, 0.25) is 0 Å². The number of esters is 1. The summed E-state index contributed by atoms with van der Waals surface area (Å²) in [5.74, 6) is 3.35. The fraction of sp³-hybridized carbons (Fsp3) is 0.741. The Morgan fingerprint density at radius 3 is 2.47 bits per heavy atom. The summed E-state index contributed by atoms with van der Waals surface area (Å²) in [5, 5.41) is 10.3. The van der Waals surface area contributed by atoms with E-state index in [0.29, 0.717) is 22.8 Å². The second-order valence-electron chi connectivity index (χ2n) is 11.4. The number of aliphatic hydroxyl groups is 1. The molecule has 5 rings (SSSR count). The van der Waals surface area contributed by atoms with Gasteiger partial charge in [-0.05, 0) is 105 Å². The molecule has 3 nitrogen and oxygen atoms in total. The number of hydrogen-bond donors (Lipinski definition) is 1. The molecule has 30 heavy (non-hydrogen) atoms. The van der Waals surface area contributed by atoms with E-state index in [2.05, 4.69) is 20.8 Å². The third-order valence-electron chi connectivity index (χ3n) is 10.3. The zero-order chi connectivity index (χ0) is 21.1. The lowest BCUT2D eigenvalue weighted by Crippen LogP contribution is -2.46. The number of carbonyl (C=O) groups is 1. The van der Waals surface area contributed by atoms with Gasteiger partial charge in [-0.2, -0.15) is 0 Å². The Morgan fingerprint density at radius 1 is 1.00 bits per heavy atom. The summed E-state index contributed by atoms with van der Waals surface area (Å²) in [6, 6.07) is 9.41. The molecule has 1 aromatic carbocycles. The Labute approximate surface area is 181 Å². The van der Waals surface area contributed by atoms with E-state index in [1.165, 1.54) is 38.5 Å². The maximum atomic E-state index is 12.7. The minimum absolute atomic E-state index is 0.0367. The highest BCUT2D eigenvalue weighted by Gasteiger charge is 2.63. The van der Waals surface area contributed by atoms with E-state index in [-0.39, 0.29) is 23.6 Å². The molecule has 4 saturated carbocycles. The van der Waals surface area contributed by atoms with Gasteiger partial charge in [0.05, 0.1) is 11.7 Å². The third-order valence-corrected chi connectivity index (χ3v) is 10.3. The number of rotatable bonds is 3. The van der Waals surface area contributed by atoms with Crippen molar-refractivity contribution in [1.82, 2.24) is 0 Å². The second kappa shape index (κ2) is 7.36. The van der Waals surface area contributed by atoms with Crippen molar-refractivity contribution in [2.24, 2.45) is 40.4 Å². The largest absolute Gasteiger partial charge is 0.459 e. The summed E-state index contributed by atoms with van der Waals surface area (Å²) in [6.07, 6.45) is 9.45. The first-order valence-electron chi connectivity index (χ1n) is 12.3. The zero-order valence-electron chi connectivity index (χ0n) is 18.8. The SMILES string of the molecule is C[C@@H](OC(=O)c1ccccc1)[C@H]1CC[C@H]2[C@@H]3C[C@H]4C[C@H](O)CC[C@]4(C)[C@H]3CC[C@]12C. The lowest BCUT2D eigenvalue weighted by molar-refractivity contribution is -0.0545. The van der Waals surface area contributed by atoms with E-state index in [9.17, 15) is 9.90 Å². The molecule has 164 valence electrons. The summed E-state index contributed by atoms with van der Waals surface area (Å²) in [5.41, 5.74) is 1.37. The predicted octanol–water partition coefficient (Wildman–Crippen LogP) is 5.86. The highest BCUT2D eigenvalue weighted by atomic mass is 16.5. The minimum Gasteiger partial charge on any atom is -0.459 e. The Balaban J connectivity index is 1.32. The molecule has 0 aliphatic heterocycles. The molecule has 1 N–H and O–H groups in total. The lowest BCUT2D eigenvalue weighted by atomic mass is 9.54. The molecule has 4 aliphatic rings. The highest BCUT2D eigenvalue weighted by Crippen LogP contribution is 2.69. The molecule has 0 saturated heterocycles. The van der Waals surface area contributed by atoms with E-state index in [1.54, 1.807) is 0 Å². The first kappa shape index (κ1) is 20.5. The van der Waals surface area contributed by atoms with Crippen molar-refractivity contribution in [2.45, 2.75) is 84.3 Å². The molecule has 0 aromatic heterocycles. The molecule has 0 amide bonds. The molecular weight excluding hydrogens is 372 g/mol. The average Bonchev–Trinajstić information content (AvgIpc) is 3.22. The number of benzene rings is 1. The van der Waals surface area contributed by atoms with E-state index in [1.807, 2.05) is 30.3 Å². The van der Waals surface area contributed by atoms with Gasteiger partial charge in [-0.1, -0.05) is 32.0 Å². The van der Waals surface area contributed by atoms with Crippen LogP contribution < -0.4 is 0 Å². The monoisotopic (exact) mass is 410 g/mol. The van der Waals surface area contributed by atoms with Gasteiger partial charge in [0.1, 0.15) is 6.10 Å². The minimum atomic E-state index is -0.183. The van der Waals surface area contributed by atoms with Crippen molar-refractivity contribution >= 4 is 5.97 Å². The van der Waals surface area contributed by atoms with Crippen LogP contribution in [0.25, 0.3) is 0 Å². The Hall–Kier alpha value is -1.35. The molecule has 3 heteroatoms. The Morgan fingerprint density at radius 2 is 1.70 bits per heavy atom. The van der Waals surface area contributed by atoms with Gasteiger partial charge in [0.25, 0.3) is 0 Å². The van der Waals surface area contributed by atoms with Crippen LogP contribution in [0.5, 0.6) is 0 Å². The summed E-state index contributed by atoms with van der Waals surface area (Å²) in [7, 11) is 0. The molecule has 1 aromatic rings. The molecule has 4 fully saturated rings. The third kappa shape index (κ3) is 3.06. The van der Waals surface area contributed by atoms with Crippen LogP contribution in [0.3, 0.4) is 0 Å². The van der Waals surface area contributed by atoms with Crippen molar-refractivity contribution in [1.29, 1.82) is 0 Å². The van der Waals surface area contributed by atoms with Crippen molar-refractivity contribution in [3.8, 4) is 0 Å². The highest BCUT2D eigenvalue weighted by molar-refractivity contribution is 5.89. The summed E-state index contributed by atoms with van der Waals surface area (Å²) >= 11 is 0. The van der Waals surface area contributed by atoms with Crippen LogP contribution >= 0.6 is 0 Å². The van der Waals surface area contributed by atoms with Crippen LogP contribution in [-0.4, -0.2) is 23.3 Å². The number of hydrogen-bond acceptors (Lipinski definition) is 3. The molecule has 0 heterocycles. The molecule has 0 spiro atoms. The molecule has 4 aliphatic carbocycles. The summed E-state index contributed by atoms with van der Waals surface area (Å²) in [4.78, 5) is 12.7. The number of fused-ring (bicyclic) bond motifs is 5. The second-order valence-corrected chi connectivity index (χ2v) is 11.4. The topological polar surface area (TPSA) is 46.5 Å². The van der Waals surface area contributed by atoms with E-state index in [4.69, 9.17) is 4.74 Å². The number of ether oxygens (including phenoxy) is 1. The van der Waals surface area contributed by atoms with Gasteiger partial charge < -0.3 is 9.84 Å². The fourth-order valence-electron chi connectivity index (χ4n) is 8.72. The van der Waals surface area contributed by atoms with Crippen LogP contribution in [-0.2, 0) is 4.74 Å². The van der Waals surface area contributed by atoms with Gasteiger partial charge in [0.15, 0.2) is 0 Å². The lowest BCUT2D eigenvalue weighted by Gasteiger charge is -2.51.